The summed E-state index contributed by atoms with van der Waals surface area (Å²) in [7, 11) is 1.55. The third kappa shape index (κ3) is 3.84. The molecule has 0 aliphatic heterocycles. The van der Waals surface area contributed by atoms with Gasteiger partial charge in [-0.3, -0.25) is 4.79 Å². The first-order chi connectivity index (χ1) is 12.6. The maximum Gasteiger partial charge on any atom is 0.226 e. The fraction of sp³-hybridized carbons (Fsp3) is 0.158. The average molecular weight is 353 g/mol. The lowest BCUT2D eigenvalue weighted by molar-refractivity contribution is -0.117. The Morgan fingerprint density at radius 3 is 2.62 bits per heavy atom. The second-order valence-corrected chi connectivity index (χ2v) is 5.67. The fourth-order valence-corrected chi connectivity index (χ4v) is 2.55. The molecular formula is C19H19N3O4. The number of benzene rings is 2. The number of methoxy groups -OCH3 is 1. The van der Waals surface area contributed by atoms with E-state index >= 15 is 0 Å². The Hall–Kier alpha value is -3.32. The van der Waals surface area contributed by atoms with Gasteiger partial charge in [0.1, 0.15) is 11.5 Å². The molecule has 0 aliphatic carbocycles. The molecule has 3 N–H and O–H groups in total. The number of nitrogens with zero attached hydrogens (tertiary/aromatic N) is 2. The van der Waals surface area contributed by atoms with Crippen LogP contribution < -0.4 is 5.32 Å². The Bertz CT molecular complexity index is 903. The number of amides is 1. The summed E-state index contributed by atoms with van der Waals surface area (Å²) in [5.74, 6) is -0.159. The van der Waals surface area contributed by atoms with Crippen LogP contribution in [0, 0.1) is 0 Å². The minimum Gasteiger partial charge on any atom is -0.508 e. The number of anilines is 1. The number of aromatic hydroxyl groups is 2. The van der Waals surface area contributed by atoms with Crippen molar-refractivity contribution in [3.05, 3.63) is 54.7 Å². The molecule has 7 heteroatoms. The minimum atomic E-state index is -0.117. The maximum atomic E-state index is 11.7. The summed E-state index contributed by atoms with van der Waals surface area (Å²) in [4.78, 5) is 11.7. The van der Waals surface area contributed by atoms with Crippen LogP contribution in [-0.4, -0.2) is 39.6 Å². The van der Waals surface area contributed by atoms with Crippen LogP contribution in [0.1, 0.15) is 6.42 Å². The van der Waals surface area contributed by atoms with Crippen molar-refractivity contribution in [3.63, 3.8) is 0 Å². The lowest BCUT2D eigenvalue weighted by Gasteiger charge is -2.11. The lowest BCUT2D eigenvalue weighted by Crippen LogP contribution is -2.13. The number of hydrogen-bond acceptors (Lipinski definition) is 5. The zero-order valence-corrected chi connectivity index (χ0v) is 14.2. The van der Waals surface area contributed by atoms with E-state index in [9.17, 15) is 15.0 Å². The summed E-state index contributed by atoms with van der Waals surface area (Å²) < 4.78 is 6.55. The van der Waals surface area contributed by atoms with Crippen LogP contribution in [-0.2, 0) is 9.53 Å². The number of ether oxygens (including phenoxy) is 1. The molecule has 7 nitrogen and oxygen atoms in total. The number of phenols is 2. The number of nitrogens with one attached hydrogen (secondary N) is 1. The van der Waals surface area contributed by atoms with Crippen LogP contribution in [0.15, 0.2) is 54.7 Å². The summed E-state index contributed by atoms with van der Waals surface area (Å²) in [6, 6.07) is 13.4. The molecule has 0 radical (unpaired) electrons. The molecule has 1 aromatic heterocycles. The van der Waals surface area contributed by atoms with E-state index in [0.717, 1.165) is 5.69 Å². The molecule has 26 heavy (non-hydrogen) atoms. The van der Waals surface area contributed by atoms with Gasteiger partial charge in [0.2, 0.25) is 5.91 Å². The summed E-state index contributed by atoms with van der Waals surface area (Å²) in [6.07, 6.45) is 1.92. The SMILES string of the molecule is COCCC(=O)Nc1ccc(-n2nccc2-c2ccc(O)cc2O)cc1. The van der Waals surface area contributed by atoms with Gasteiger partial charge in [0.05, 0.1) is 30.6 Å². The number of carbonyl (C=O) groups excluding carboxylic acids is 1. The summed E-state index contributed by atoms with van der Waals surface area (Å²) >= 11 is 0. The zero-order chi connectivity index (χ0) is 18.5. The van der Waals surface area contributed by atoms with Crippen LogP contribution in [0.3, 0.4) is 0 Å². The first kappa shape index (κ1) is 17.5. The van der Waals surface area contributed by atoms with Gasteiger partial charge >= 0.3 is 0 Å². The van der Waals surface area contributed by atoms with E-state index < -0.39 is 0 Å². The van der Waals surface area contributed by atoms with Crippen LogP contribution in [0.4, 0.5) is 5.69 Å². The van der Waals surface area contributed by atoms with Crippen molar-refractivity contribution in [2.45, 2.75) is 6.42 Å². The quantitative estimate of drug-likeness (QED) is 0.633. The van der Waals surface area contributed by atoms with E-state index in [-0.39, 0.29) is 17.4 Å². The Balaban J connectivity index is 1.83. The van der Waals surface area contributed by atoms with Crippen molar-refractivity contribution in [2.75, 3.05) is 19.0 Å². The van der Waals surface area contributed by atoms with Gasteiger partial charge in [-0.2, -0.15) is 5.10 Å². The summed E-state index contributed by atoms with van der Waals surface area (Å²) in [5.41, 5.74) is 2.68. The van der Waals surface area contributed by atoms with Gasteiger partial charge in [-0.1, -0.05) is 0 Å². The highest BCUT2D eigenvalue weighted by atomic mass is 16.5. The molecule has 0 saturated heterocycles. The molecule has 3 rings (SSSR count). The highest BCUT2D eigenvalue weighted by Gasteiger charge is 2.12. The average Bonchev–Trinajstić information content (AvgIpc) is 3.10. The molecule has 0 unspecified atom stereocenters. The van der Waals surface area contributed by atoms with E-state index in [1.165, 1.54) is 12.1 Å². The molecule has 1 heterocycles. The largest absolute Gasteiger partial charge is 0.508 e. The van der Waals surface area contributed by atoms with E-state index in [2.05, 4.69) is 10.4 Å². The van der Waals surface area contributed by atoms with Crippen molar-refractivity contribution in [1.82, 2.24) is 9.78 Å². The molecule has 0 fully saturated rings. The highest BCUT2D eigenvalue weighted by Crippen LogP contribution is 2.33. The summed E-state index contributed by atoms with van der Waals surface area (Å²) in [6.45, 7) is 0.372. The Morgan fingerprint density at radius 1 is 1.15 bits per heavy atom. The first-order valence-electron chi connectivity index (χ1n) is 8.04. The molecule has 0 aliphatic rings. The number of phenolic OH excluding ortho intramolecular Hbond substituents is 2. The molecular weight excluding hydrogens is 334 g/mol. The molecule has 134 valence electrons. The molecule has 0 bridgehead atoms. The third-order valence-corrected chi connectivity index (χ3v) is 3.83. The van der Waals surface area contributed by atoms with Crippen LogP contribution in [0.2, 0.25) is 0 Å². The predicted molar refractivity (Wildman–Crippen MR) is 97.5 cm³/mol. The number of aromatic nitrogens is 2. The van der Waals surface area contributed by atoms with Crippen LogP contribution in [0.5, 0.6) is 11.5 Å². The monoisotopic (exact) mass is 353 g/mol. The van der Waals surface area contributed by atoms with Crippen molar-refractivity contribution in [3.8, 4) is 28.4 Å². The molecule has 2 aromatic carbocycles. The smallest absolute Gasteiger partial charge is 0.226 e. The number of hydrogen-bond donors (Lipinski definition) is 3. The lowest BCUT2D eigenvalue weighted by atomic mass is 10.1. The van der Waals surface area contributed by atoms with Crippen molar-refractivity contribution in [2.24, 2.45) is 0 Å². The highest BCUT2D eigenvalue weighted by molar-refractivity contribution is 5.90. The van der Waals surface area contributed by atoms with E-state index in [4.69, 9.17) is 4.74 Å². The molecule has 0 atom stereocenters. The van der Waals surface area contributed by atoms with Gasteiger partial charge in [0.25, 0.3) is 0 Å². The predicted octanol–water partition coefficient (Wildman–Crippen LogP) is 2.93. The second-order valence-electron chi connectivity index (χ2n) is 5.67. The standard InChI is InChI=1S/C19H19N3O4/c1-26-11-9-19(25)21-13-2-4-14(5-3-13)22-17(8-10-20-22)16-7-6-15(23)12-18(16)24/h2-8,10,12,23-24H,9,11H2,1H3,(H,21,25). The van der Waals surface area contributed by atoms with Crippen LogP contribution in [0.25, 0.3) is 16.9 Å². The Morgan fingerprint density at radius 2 is 1.92 bits per heavy atom. The van der Waals surface area contributed by atoms with Crippen LogP contribution >= 0.6 is 0 Å². The van der Waals surface area contributed by atoms with E-state index in [1.54, 1.807) is 42.3 Å². The Kier molecular flexibility index (Phi) is 5.19. The van der Waals surface area contributed by atoms with Crippen molar-refractivity contribution < 1.29 is 19.7 Å². The van der Waals surface area contributed by atoms with Gasteiger partial charge in [-0.15, -0.1) is 0 Å². The fourth-order valence-electron chi connectivity index (χ4n) is 2.55. The van der Waals surface area contributed by atoms with Gasteiger partial charge in [-0.25, -0.2) is 4.68 Å². The normalized spacial score (nSPS) is 10.7. The number of carbonyl (C=O) groups is 1. The van der Waals surface area contributed by atoms with Gasteiger partial charge < -0.3 is 20.3 Å². The second kappa shape index (κ2) is 7.71. The van der Waals surface area contributed by atoms with Gasteiger partial charge in [0.15, 0.2) is 0 Å². The molecule has 0 saturated carbocycles. The zero-order valence-electron chi connectivity index (χ0n) is 14.2. The van der Waals surface area contributed by atoms with Gasteiger partial charge in [-0.05, 0) is 42.5 Å². The Labute approximate surface area is 150 Å². The third-order valence-electron chi connectivity index (χ3n) is 3.83. The van der Waals surface area contributed by atoms with E-state index in [0.29, 0.717) is 30.0 Å². The van der Waals surface area contributed by atoms with Gasteiger partial charge in [0, 0.05) is 24.4 Å². The minimum absolute atomic E-state index is 0.00844. The molecule has 3 aromatic rings. The first-order valence-corrected chi connectivity index (χ1v) is 8.04. The van der Waals surface area contributed by atoms with Crippen molar-refractivity contribution in [1.29, 1.82) is 0 Å². The maximum absolute atomic E-state index is 11.7. The summed E-state index contributed by atoms with van der Waals surface area (Å²) in [5, 5.41) is 26.6. The number of rotatable bonds is 6. The molecule has 0 spiro atoms. The van der Waals surface area contributed by atoms with E-state index in [1.807, 2.05) is 12.1 Å². The molecule has 1 amide bonds. The topological polar surface area (TPSA) is 96.6 Å². The van der Waals surface area contributed by atoms with Crippen molar-refractivity contribution >= 4 is 11.6 Å².